The molecule has 1 atom stereocenters. The molecule has 6 heteroatoms. The monoisotopic (exact) mass is 340 g/mol. The number of rotatable bonds is 7. The van der Waals surface area contributed by atoms with Crippen LogP contribution in [0, 0.1) is 0 Å². The Bertz CT molecular complexity index is 686. The number of hydrogen-bond acceptors (Lipinski definition) is 3. The van der Waals surface area contributed by atoms with Crippen LogP contribution in [0.3, 0.4) is 0 Å². The lowest BCUT2D eigenvalue weighted by atomic mass is 10.1. The summed E-state index contributed by atoms with van der Waals surface area (Å²) in [6.45, 7) is 2.43. The van der Waals surface area contributed by atoms with Gasteiger partial charge in [0, 0.05) is 17.8 Å². The first-order valence-corrected chi connectivity index (χ1v) is 8.31. The minimum absolute atomic E-state index is 0.0117. The SMILES string of the molecule is CC(NC(=O)CCCN)c1ccc(NC(=O)Nc2ccccc2)cc1. The highest BCUT2D eigenvalue weighted by Gasteiger charge is 2.09. The van der Waals surface area contributed by atoms with Gasteiger partial charge in [-0.05, 0) is 49.7 Å². The van der Waals surface area contributed by atoms with Gasteiger partial charge in [0.25, 0.3) is 0 Å². The number of benzene rings is 2. The van der Waals surface area contributed by atoms with Gasteiger partial charge >= 0.3 is 6.03 Å². The normalized spacial score (nSPS) is 11.4. The summed E-state index contributed by atoms with van der Waals surface area (Å²) >= 11 is 0. The maximum Gasteiger partial charge on any atom is 0.323 e. The van der Waals surface area contributed by atoms with Crippen molar-refractivity contribution in [3.63, 3.8) is 0 Å². The van der Waals surface area contributed by atoms with Crippen LogP contribution in [0.2, 0.25) is 0 Å². The third kappa shape index (κ3) is 6.27. The average Bonchev–Trinajstić information content (AvgIpc) is 2.61. The van der Waals surface area contributed by atoms with E-state index < -0.39 is 0 Å². The van der Waals surface area contributed by atoms with E-state index in [2.05, 4.69) is 16.0 Å². The van der Waals surface area contributed by atoms with E-state index in [1.165, 1.54) is 0 Å². The summed E-state index contributed by atoms with van der Waals surface area (Å²) in [5.74, 6) is -0.0117. The Morgan fingerprint density at radius 1 is 0.960 bits per heavy atom. The fourth-order valence-electron chi connectivity index (χ4n) is 2.33. The minimum Gasteiger partial charge on any atom is -0.350 e. The Labute approximate surface area is 147 Å². The van der Waals surface area contributed by atoms with Crippen LogP contribution in [-0.2, 0) is 4.79 Å². The molecule has 0 fully saturated rings. The number of para-hydroxylation sites is 1. The number of carbonyl (C=O) groups is 2. The van der Waals surface area contributed by atoms with E-state index in [-0.39, 0.29) is 18.0 Å². The Morgan fingerprint density at radius 2 is 1.56 bits per heavy atom. The number of carbonyl (C=O) groups excluding carboxylic acids is 2. The number of nitrogens with two attached hydrogens (primary N) is 1. The highest BCUT2D eigenvalue weighted by molar-refractivity contribution is 5.99. The highest BCUT2D eigenvalue weighted by atomic mass is 16.2. The Hall–Kier alpha value is -2.86. The van der Waals surface area contributed by atoms with Crippen LogP contribution < -0.4 is 21.7 Å². The maximum atomic E-state index is 12.0. The van der Waals surface area contributed by atoms with Crippen molar-refractivity contribution < 1.29 is 9.59 Å². The van der Waals surface area contributed by atoms with Crippen molar-refractivity contribution in [2.24, 2.45) is 5.73 Å². The molecule has 0 aliphatic heterocycles. The molecule has 2 aromatic rings. The van der Waals surface area contributed by atoms with E-state index in [9.17, 15) is 9.59 Å². The van der Waals surface area contributed by atoms with Gasteiger partial charge in [0.1, 0.15) is 0 Å². The molecule has 0 aliphatic carbocycles. The third-order valence-corrected chi connectivity index (χ3v) is 3.69. The summed E-state index contributed by atoms with van der Waals surface area (Å²) in [6.07, 6.45) is 1.11. The lowest BCUT2D eigenvalue weighted by molar-refractivity contribution is -0.121. The molecule has 2 rings (SSSR count). The molecule has 0 heterocycles. The second-order valence-corrected chi connectivity index (χ2v) is 5.75. The van der Waals surface area contributed by atoms with Crippen LogP contribution in [0.25, 0.3) is 0 Å². The van der Waals surface area contributed by atoms with Crippen LogP contribution >= 0.6 is 0 Å². The van der Waals surface area contributed by atoms with Crippen molar-refractivity contribution in [3.05, 3.63) is 60.2 Å². The van der Waals surface area contributed by atoms with E-state index in [0.29, 0.717) is 25.1 Å². The molecule has 0 aliphatic rings. The smallest absolute Gasteiger partial charge is 0.323 e. The van der Waals surface area contributed by atoms with E-state index in [1.54, 1.807) is 0 Å². The average molecular weight is 340 g/mol. The van der Waals surface area contributed by atoms with Crippen molar-refractivity contribution in [1.82, 2.24) is 5.32 Å². The molecule has 5 N–H and O–H groups in total. The number of urea groups is 1. The Kier molecular flexibility index (Phi) is 6.98. The van der Waals surface area contributed by atoms with Crippen LogP contribution in [-0.4, -0.2) is 18.5 Å². The lowest BCUT2D eigenvalue weighted by Gasteiger charge is -2.15. The van der Waals surface area contributed by atoms with Gasteiger partial charge in [-0.3, -0.25) is 4.79 Å². The summed E-state index contributed by atoms with van der Waals surface area (Å²) in [5.41, 5.74) is 7.78. The fourth-order valence-corrected chi connectivity index (χ4v) is 2.33. The van der Waals surface area contributed by atoms with E-state index in [1.807, 2.05) is 61.5 Å². The van der Waals surface area contributed by atoms with E-state index in [4.69, 9.17) is 5.73 Å². The Balaban J connectivity index is 1.86. The first-order valence-electron chi connectivity index (χ1n) is 8.31. The summed E-state index contributed by atoms with van der Waals surface area (Å²) in [5, 5.41) is 8.46. The van der Waals surface area contributed by atoms with Gasteiger partial charge in [0.05, 0.1) is 6.04 Å². The second kappa shape index (κ2) is 9.44. The predicted molar refractivity (Wildman–Crippen MR) is 100 cm³/mol. The predicted octanol–water partition coefficient (Wildman–Crippen LogP) is 3.25. The highest BCUT2D eigenvalue weighted by Crippen LogP contribution is 2.16. The van der Waals surface area contributed by atoms with Gasteiger partial charge in [0.2, 0.25) is 5.91 Å². The number of hydrogen-bond donors (Lipinski definition) is 4. The zero-order valence-corrected chi connectivity index (χ0v) is 14.3. The van der Waals surface area contributed by atoms with Gasteiger partial charge in [-0.2, -0.15) is 0 Å². The van der Waals surface area contributed by atoms with Gasteiger partial charge in [-0.1, -0.05) is 30.3 Å². The van der Waals surface area contributed by atoms with Crippen molar-refractivity contribution in [3.8, 4) is 0 Å². The molecule has 2 aromatic carbocycles. The van der Waals surface area contributed by atoms with E-state index >= 15 is 0 Å². The molecule has 1 unspecified atom stereocenters. The molecular formula is C19H24N4O2. The van der Waals surface area contributed by atoms with Gasteiger partial charge in [-0.25, -0.2) is 4.79 Å². The number of amides is 3. The largest absolute Gasteiger partial charge is 0.350 e. The molecule has 0 bridgehead atoms. The lowest BCUT2D eigenvalue weighted by Crippen LogP contribution is -2.27. The molecule has 132 valence electrons. The number of anilines is 2. The molecule has 0 saturated heterocycles. The summed E-state index contributed by atoms with van der Waals surface area (Å²) in [7, 11) is 0. The van der Waals surface area contributed by atoms with Crippen LogP contribution in [0.4, 0.5) is 16.2 Å². The van der Waals surface area contributed by atoms with Gasteiger partial charge in [0.15, 0.2) is 0 Å². The van der Waals surface area contributed by atoms with Gasteiger partial charge in [-0.15, -0.1) is 0 Å². The molecule has 0 radical (unpaired) electrons. The second-order valence-electron chi connectivity index (χ2n) is 5.75. The summed E-state index contributed by atoms with van der Waals surface area (Å²) in [6, 6.07) is 16.2. The molecule has 3 amide bonds. The molecule has 6 nitrogen and oxygen atoms in total. The molecule has 0 spiro atoms. The van der Waals surface area contributed by atoms with Crippen LogP contribution in [0.5, 0.6) is 0 Å². The van der Waals surface area contributed by atoms with E-state index in [0.717, 1.165) is 11.3 Å². The van der Waals surface area contributed by atoms with Crippen molar-refractivity contribution in [2.75, 3.05) is 17.2 Å². The molecular weight excluding hydrogens is 316 g/mol. The first-order chi connectivity index (χ1) is 12.1. The minimum atomic E-state index is -0.304. The fraction of sp³-hybridized carbons (Fsp3) is 0.263. The standard InChI is InChI=1S/C19H24N4O2/c1-14(21-18(24)8-5-13-20)15-9-11-17(12-10-15)23-19(25)22-16-6-3-2-4-7-16/h2-4,6-7,9-12,14H,5,8,13,20H2,1H3,(H,21,24)(H2,22,23,25). The van der Waals surface area contributed by atoms with Crippen molar-refractivity contribution in [1.29, 1.82) is 0 Å². The van der Waals surface area contributed by atoms with Crippen LogP contribution in [0.15, 0.2) is 54.6 Å². The molecule has 0 aromatic heterocycles. The van der Waals surface area contributed by atoms with Crippen LogP contribution in [0.1, 0.15) is 31.4 Å². The topological polar surface area (TPSA) is 96.2 Å². The molecule has 25 heavy (non-hydrogen) atoms. The maximum absolute atomic E-state index is 12.0. The quantitative estimate of drug-likeness (QED) is 0.623. The number of nitrogens with one attached hydrogen (secondary N) is 3. The zero-order valence-electron chi connectivity index (χ0n) is 14.3. The first kappa shape index (κ1) is 18.5. The Morgan fingerprint density at radius 3 is 2.16 bits per heavy atom. The van der Waals surface area contributed by atoms with Gasteiger partial charge < -0.3 is 21.7 Å². The third-order valence-electron chi connectivity index (χ3n) is 3.69. The summed E-state index contributed by atoms with van der Waals surface area (Å²) < 4.78 is 0. The zero-order chi connectivity index (χ0) is 18.1. The summed E-state index contributed by atoms with van der Waals surface area (Å²) in [4.78, 5) is 23.7. The van der Waals surface area contributed by atoms with Crippen molar-refractivity contribution >= 4 is 23.3 Å². The van der Waals surface area contributed by atoms with Crippen molar-refractivity contribution in [2.45, 2.75) is 25.8 Å². The molecule has 0 saturated carbocycles.